The van der Waals surface area contributed by atoms with E-state index in [-0.39, 0.29) is 12.5 Å². The van der Waals surface area contributed by atoms with E-state index >= 15 is 0 Å². The minimum absolute atomic E-state index is 0.0347. The lowest BCUT2D eigenvalue weighted by Crippen LogP contribution is -2.21. The quantitative estimate of drug-likeness (QED) is 0.904. The minimum Gasteiger partial charge on any atom is -0.325 e. The van der Waals surface area contributed by atoms with Crippen LogP contribution in [-0.2, 0) is 4.79 Å². The number of nitrogens with zero attached hydrogens (tertiary/aromatic N) is 1. The molecule has 0 radical (unpaired) electrons. The molecular weight excluding hydrogens is 270 g/mol. The number of nitriles is 1. The summed E-state index contributed by atoms with van der Waals surface area (Å²) in [4.78, 5) is 13.3. The Hall–Kier alpha value is -2.29. The number of hydrogen-bond donors (Lipinski definition) is 2. The van der Waals surface area contributed by atoms with E-state index in [0.717, 1.165) is 15.5 Å². The molecule has 2 aromatic carbocycles. The number of benzene rings is 2. The summed E-state index contributed by atoms with van der Waals surface area (Å²) >= 11 is 1.56. The maximum absolute atomic E-state index is 11.2. The lowest BCUT2D eigenvalue weighted by molar-refractivity contribution is -0.114. The third-order valence-corrected chi connectivity index (χ3v) is 3.52. The van der Waals surface area contributed by atoms with E-state index in [1.54, 1.807) is 23.9 Å². The van der Waals surface area contributed by atoms with E-state index < -0.39 is 0 Å². The van der Waals surface area contributed by atoms with Gasteiger partial charge >= 0.3 is 0 Å². The van der Waals surface area contributed by atoms with Crippen LogP contribution in [0.1, 0.15) is 5.56 Å². The summed E-state index contributed by atoms with van der Waals surface area (Å²) in [7, 11) is 0. The molecule has 3 N–H and O–H groups in total. The molecule has 0 aromatic heterocycles. The van der Waals surface area contributed by atoms with Crippen molar-refractivity contribution in [1.29, 1.82) is 5.26 Å². The Morgan fingerprint density at radius 2 is 1.95 bits per heavy atom. The van der Waals surface area contributed by atoms with Gasteiger partial charge in [-0.15, -0.1) is 0 Å². The molecule has 0 saturated carbocycles. The minimum atomic E-state index is -0.217. The number of nitrogens with one attached hydrogen (secondary N) is 1. The normalized spacial score (nSPS) is 9.80. The number of hydrogen-bond acceptors (Lipinski definition) is 4. The van der Waals surface area contributed by atoms with Crippen LogP contribution < -0.4 is 11.1 Å². The molecule has 0 aliphatic carbocycles. The Morgan fingerprint density at radius 3 is 2.60 bits per heavy atom. The van der Waals surface area contributed by atoms with Gasteiger partial charge in [0.1, 0.15) is 0 Å². The fraction of sp³-hybridized carbons (Fsp3) is 0.0667. The van der Waals surface area contributed by atoms with Crippen LogP contribution in [0, 0.1) is 11.3 Å². The van der Waals surface area contributed by atoms with Gasteiger partial charge in [-0.3, -0.25) is 4.79 Å². The molecule has 20 heavy (non-hydrogen) atoms. The highest BCUT2D eigenvalue weighted by atomic mass is 32.2. The second-order valence-corrected chi connectivity index (χ2v) is 5.17. The van der Waals surface area contributed by atoms with E-state index in [1.165, 1.54) is 0 Å². The molecule has 0 heterocycles. The van der Waals surface area contributed by atoms with E-state index in [4.69, 9.17) is 11.0 Å². The molecule has 0 saturated heterocycles. The molecule has 2 rings (SSSR count). The first-order valence-corrected chi connectivity index (χ1v) is 6.81. The van der Waals surface area contributed by atoms with Crippen LogP contribution in [0.5, 0.6) is 0 Å². The van der Waals surface area contributed by atoms with Crippen molar-refractivity contribution >= 4 is 23.4 Å². The standard InChI is InChI=1S/C15H13N3OS/c16-9-11-4-6-13(7-5-11)20-14-3-1-2-12(8-14)18-15(19)10-17/h1-8H,10,17H2,(H,18,19). The summed E-state index contributed by atoms with van der Waals surface area (Å²) in [5.41, 5.74) is 6.62. The number of anilines is 1. The zero-order valence-corrected chi connectivity index (χ0v) is 11.5. The van der Waals surface area contributed by atoms with Crippen LogP contribution in [-0.4, -0.2) is 12.5 Å². The molecule has 5 heteroatoms. The summed E-state index contributed by atoms with van der Waals surface area (Å²) in [6.07, 6.45) is 0. The highest BCUT2D eigenvalue weighted by molar-refractivity contribution is 7.99. The maximum atomic E-state index is 11.2. The van der Waals surface area contributed by atoms with Crippen molar-refractivity contribution in [2.75, 3.05) is 11.9 Å². The summed E-state index contributed by atoms with van der Waals surface area (Å²) in [5, 5.41) is 11.5. The topological polar surface area (TPSA) is 78.9 Å². The van der Waals surface area contributed by atoms with Crippen molar-refractivity contribution in [3.8, 4) is 6.07 Å². The fourth-order valence-corrected chi connectivity index (χ4v) is 2.46. The van der Waals surface area contributed by atoms with Crippen LogP contribution in [0.15, 0.2) is 58.3 Å². The molecule has 1 amide bonds. The van der Waals surface area contributed by atoms with Gasteiger partial charge in [0, 0.05) is 15.5 Å². The maximum Gasteiger partial charge on any atom is 0.238 e. The molecular formula is C15H13N3OS. The Balaban J connectivity index is 2.11. The Morgan fingerprint density at radius 1 is 1.20 bits per heavy atom. The average Bonchev–Trinajstić information content (AvgIpc) is 2.48. The molecule has 100 valence electrons. The smallest absolute Gasteiger partial charge is 0.238 e. The van der Waals surface area contributed by atoms with Crippen molar-refractivity contribution in [1.82, 2.24) is 0 Å². The van der Waals surface area contributed by atoms with Gasteiger partial charge in [-0.25, -0.2) is 0 Å². The second-order valence-electron chi connectivity index (χ2n) is 4.02. The SMILES string of the molecule is N#Cc1ccc(Sc2cccc(NC(=O)CN)c2)cc1. The third-order valence-electron chi connectivity index (χ3n) is 2.52. The fourth-order valence-electron chi connectivity index (χ4n) is 1.58. The summed E-state index contributed by atoms with van der Waals surface area (Å²) < 4.78 is 0. The number of carbonyl (C=O) groups is 1. The Bertz CT molecular complexity index is 647. The molecule has 0 fully saturated rings. The Labute approximate surface area is 121 Å². The van der Waals surface area contributed by atoms with Crippen LogP contribution in [0.2, 0.25) is 0 Å². The van der Waals surface area contributed by atoms with Crippen LogP contribution >= 0.6 is 11.8 Å². The molecule has 4 nitrogen and oxygen atoms in total. The highest BCUT2D eigenvalue weighted by Gasteiger charge is 2.02. The number of rotatable bonds is 4. The first kappa shape index (κ1) is 14.1. The molecule has 0 atom stereocenters. The van der Waals surface area contributed by atoms with Gasteiger partial charge in [0.05, 0.1) is 18.2 Å². The van der Waals surface area contributed by atoms with Gasteiger partial charge in [0.2, 0.25) is 5.91 Å². The van der Waals surface area contributed by atoms with Gasteiger partial charge < -0.3 is 11.1 Å². The summed E-state index contributed by atoms with van der Waals surface area (Å²) in [5.74, 6) is -0.217. The molecule has 2 aromatic rings. The van der Waals surface area contributed by atoms with Crippen LogP contribution in [0.25, 0.3) is 0 Å². The highest BCUT2D eigenvalue weighted by Crippen LogP contribution is 2.29. The first-order valence-electron chi connectivity index (χ1n) is 5.99. The largest absolute Gasteiger partial charge is 0.325 e. The van der Waals surface area contributed by atoms with Gasteiger partial charge in [-0.1, -0.05) is 17.8 Å². The lowest BCUT2D eigenvalue weighted by atomic mass is 10.2. The number of amides is 1. The van der Waals surface area contributed by atoms with Crippen molar-refractivity contribution in [3.05, 3.63) is 54.1 Å². The van der Waals surface area contributed by atoms with Crippen molar-refractivity contribution < 1.29 is 4.79 Å². The summed E-state index contributed by atoms with van der Waals surface area (Å²) in [6.45, 7) is -0.0347. The van der Waals surface area contributed by atoms with E-state index in [9.17, 15) is 4.79 Å². The lowest BCUT2D eigenvalue weighted by Gasteiger charge is -2.06. The zero-order chi connectivity index (χ0) is 14.4. The zero-order valence-electron chi connectivity index (χ0n) is 10.7. The Kier molecular flexibility index (Phi) is 4.77. The second kappa shape index (κ2) is 6.75. The molecule has 0 bridgehead atoms. The van der Waals surface area contributed by atoms with Crippen molar-refractivity contribution in [2.24, 2.45) is 5.73 Å². The summed E-state index contributed by atoms with van der Waals surface area (Å²) in [6, 6.07) is 17.0. The molecule has 0 spiro atoms. The monoisotopic (exact) mass is 283 g/mol. The molecule has 0 aliphatic rings. The van der Waals surface area contributed by atoms with Crippen molar-refractivity contribution in [2.45, 2.75) is 9.79 Å². The molecule has 0 aliphatic heterocycles. The van der Waals surface area contributed by atoms with Crippen LogP contribution in [0.4, 0.5) is 5.69 Å². The van der Waals surface area contributed by atoms with E-state index in [0.29, 0.717) is 5.56 Å². The van der Waals surface area contributed by atoms with Gasteiger partial charge in [-0.2, -0.15) is 5.26 Å². The van der Waals surface area contributed by atoms with Crippen LogP contribution in [0.3, 0.4) is 0 Å². The number of nitrogens with two attached hydrogens (primary N) is 1. The third kappa shape index (κ3) is 3.85. The number of carbonyl (C=O) groups excluding carboxylic acids is 1. The first-order chi connectivity index (χ1) is 9.71. The predicted octanol–water partition coefficient (Wildman–Crippen LogP) is 2.61. The van der Waals surface area contributed by atoms with Crippen molar-refractivity contribution in [3.63, 3.8) is 0 Å². The predicted molar refractivity (Wildman–Crippen MR) is 79.4 cm³/mol. The molecule has 0 unspecified atom stereocenters. The van der Waals surface area contributed by atoms with Gasteiger partial charge in [0.15, 0.2) is 0 Å². The average molecular weight is 283 g/mol. The van der Waals surface area contributed by atoms with Gasteiger partial charge in [-0.05, 0) is 42.5 Å². The van der Waals surface area contributed by atoms with E-state index in [1.807, 2.05) is 36.4 Å². The van der Waals surface area contributed by atoms with Gasteiger partial charge in [0.25, 0.3) is 0 Å². The van der Waals surface area contributed by atoms with E-state index in [2.05, 4.69) is 11.4 Å².